The van der Waals surface area contributed by atoms with Crippen LogP contribution >= 0.6 is 0 Å². The van der Waals surface area contributed by atoms with Crippen molar-refractivity contribution in [3.05, 3.63) is 30.0 Å². The first-order valence-corrected chi connectivity index (χ1v) is 5.94. The Labute approximate surface area is 113 Å². The predicted octanol–water partition coefficient (Wildman–Crippen LogP) is 1.96. The quantitative estimate of drug-likeness (QED) is 0.937. The van der Waals surface area contributed by atoms with Crippen molar-refractivity contribution >= 4 is 16.7 Å². The second-order valence-corrected chi connectivity index (χ2v) is 4.89. The van der Waals surface area contributed by atoms with Gasteiger partial charge in [-0.25, -0.2) is 0 Å². The van der Waals surface area contributed by atoms with Crippen LogP contribution in [-0.4, -0.2) is 27.3 Å². The number of nitrogens with two attached hydrogens (primary N) is 1. The molecule has 0 amide bonds. The molecule has 7 heteroatoms. The van der Waals surface area contributed by atoms with Gasteiger partial charge in [0.25, 0.3) is 0 Å². The second kappa shape index (κ2) is 4.59. The van der Waals surface area contributed by atoms with E-state index in [0.717, 1.165) is 5.52 Å². The van der Waals surface area contributed by atoms with Crippen molar-refractivity contribution in [1.29, 1.82) is 0 Å². The van der Waals surface area contributed by atoms with Gasteiger partial charge in [0.1, 0.15) is 0 Å². The molecule has 0 aliphatic heterocycles. The van der Waals surface area contributed by atoms with E-state index >= 15 is 0 Å². The number of benzene rings is 1. The van der Waals surface area contributed by atoms with Crippen LogP contribution in [0.1, 0.15) is 12.6 Å². The lowest BCUT2D eigenvalue weighted by Crippen LogP contribution is -2.57. The highest BCUT2D eigenvalue weighted by atomic mass is 19.4. The Morgan fingerprint density at radius 2 is 1.95 bits per heavy atom. The van der Waals surface area contributed by atoms with Crippen molar-refractivity contribution in [3.8, 4) is 0 Å². The number of hydrogen-bond donors (Lipinski definition) is 1. The SMILES string of the molecule is Cn1nc(CC(=O)C(C)(N)C(F)(F)F)c2ccccc21. The van der Waals surface area contributed by atoms with Crippen molar-refractivity contribution in [2.45, 2.75) is 25.1 Å². The molecule has 0 aliphatic rings. The number of rotatable bonds is 3. The van der Waals surface area contributed by atoms with Crippen LogP contribution in [0, 0.1) is 0 Å². The number of halogens is 3. The van der Waals surface area contributed by atoms with Gasteiger partial charge in [0.2, 0.25) is 0 Å². The molecule has 108 valence electrons. The van der Waals surface area contributed by atoms with E-state index in [-0.39, 0.29) is 0 Å². The summed E-state index contributed by atoms with van der Waals surface area (Å²) in [7, 11) is 1.67. The molecule has 0 radical (unpaired) electrons. The summed E-state index contributed by atoms with van der Waals surface area (Å²) < 4.78 is 39.7. The lowest BCUT2D eigenvalue weighted by Gasteiger charge is -2.25. The molecular formula is C13H14F3N3O. The van der Waals surface area contributed by atoms with Gasteiger partial charge in [-0.15, -0.1) is 0 Å². The van der Waals surface area contributed by atoms with Gasteiger partial charge in [-0.05, 0) is 13.0 Å². The van der Waals surface area contributed by atoms with Crippen LogP contribution in [0.25, 0.3) is 10.9 Å². The summed E-state index contributed by atoms with van der Waals surface area (Å²) in [5.74, 6) is -1.10. The summed E-state index contributed by atoms with van der Waals surface area (Å²) in [6, 6.07) is 7.02. The number of hydrogen-bond acceptors (Lipinski definition) is 3. The Bertz CT molecular complexity index is 658. The van der Waals surface area contributed by atoms with Crippen LogP contribution in [0.3, 0.4) is 0 Å². The molecular weight excluding hydrogens is 271 g/mol. The zero-order chi connectivity index (χ0) is 15.1. The molecule has 0 fully saturated rings. The monoisotopic (exact) mass is 285 g/mol. The van der Waals surface area contributed by atoms with Crippen LogP contribution in [-0.2, 0) is 18.3 Å². The number of aromatic nitrogens is 2. The van der Waals surface area contributed by atoms with Gasteiger partial charge >= 0.3 is 6.18 Å². The molecule has 0 bridgehead atoms. The van der Waals surface area contributed by atoms with Crippen molar-refractivity contribution in [2.75, 3.05) is 0 Å². The molecule has 1 heterocycles. The molecule has 2 rings (SSSR count). The number of fused-ring (bicyclic) bond motifs is 1. The third kappa shape index (κ3) is 2.29. The van der Waals surface area contributed by atoms with Gasteiger partial charge in [0.05, 0.1) is 17.6 Å². The Morgan fingerprint density at radius 1 is 1.35 bits per heavy atom. The predicted molar refractivity (Wildman–Crippen MR) is 68.1 cm³/mol. The normalized spacial score (nSPS) is 15.3. The lowest BCUT2D eigenvalue weighted by molar-refractivity contribution is -0.185. The van der Waals surface area contributed by atoms with Gasteiger partial charge in [-0.2, -0.15) is 18.3 Å². The molecule has 0 saturated heterocycles. The Balaban J connectivity index is 2.36. The molecule has 1 unspecified atom stereocenters. The fourth-order valence-electron chi connectivity index (χ4n) is 1.91. The van der Waals surface area contributed by atoms with Gasteiger partial charge < -0.3 is 5.73 Å². The zero-order valence-corrected chi connectivity index (χ0v) is 11.0. The van der Waals surface area contributed by atoms with E-state index in [9.17, 15) is 18.0 Å². The summed E-state index contributed by atoms with van der Waals surface area (Å²) in [5.41, 5.74) is 3.31. The van der Waals surface area contributed by atoms with E-state index in [4.69, 9.17) is 5.73 Å². The number of alkyl halides is 3. The molecule has 1 aromatic heterocycles. The zero-order valence-electron chi connectivity index (χ0n) is 11.0. The highest BCUT2D eigenvalue weighted by Crippen LogP contribution is 2.30. The van der Waals surface area contributed by atoms with Crippen molar-refractivity contribution < 1.29 is 18.0 Å². The number of para-hydroxylation sites is 1. The number of nitrogens with zero attached hydrogens (tertiary/aromatic N) is 2. The molecule has 0 spiro atoms. The van der Waals surface area contributed by atoms with E-state index in [1.807, 2.05) is 0 Å². The number of ketones is 1. The summed E-state index contributed by atoms with van der Waals surface area (Å²) in [5, 5.41) is 4.75. The second-order valence-electron chi connectivity index (χ2n) is 4.89. The smallest absolute Gasteiger partial charge is 0.312 e. The lowest BCUT2D eigenvalue weighted by atomic mass is 9.93. The van der Waals surface area contributed by atoms with E-state index in [1.165, 1.54) is 4.68 Å². The largest absolute Gasteiger partial charge is 0.413 e. The molecule has 0 aliphatic carbocycles. The summed E-state index contributed by atoms with van der Waals surface area (Å²) in [6.07, 6.45) is -5.23. The molecule has 1 aromatic carbocycles. The van der Waals surface area contributed by atoms with E-state index in [1.54, 1.807) is 31.3 Å². The van der Waals surface area contributed by atoms with E-state index in [0.29, 0.717) is 18.0 Å². The Hall–Kier alpha value is -1.89. The highest BCUT2D eigenvalue weighted by molar-refractivity contribution is 5.93. The van der Waals surface area contributed by atoms with Crippen molar-refractivity contribution in [2.24, 2.45) is 12.8 Å². The average Bonchev–Trinajstić information content (AvgIpc) is 2.65. The maximum Gasteiger partial charge on any atom is 0.413 e. The first kappa shape index (κ1) is 14.5. The van der Waals surface area contributed by atoms with Gasteiger partial charge in [0.15, 0.2) is 11.3 Å². The van der Waals surface area contributed by atoms with E-state index < -0.39 is 23.9 Å². The fraction of sp³-hybridized carbons (Fsp3) is 0.385. The fourth-order valence-corrected chi connectivity index (χ4v) is 1.91. The summed E-state index contributed by atoms with van der Waals surface area (Å²) >= 11 is 0. The highest BCUT2D eigenvalue weighted by Gasteiger charge is 2.53. The number of aryl methyl sites for hydroxylation is 1. The van der Waals surface area contributed by atoms with Crippen LogP contribution in [0.15, 0.2) is 24.3 Å². The minimum absolute atomic E-state index is 0.300. The molecule has 4 nitrogen and oxygen atoms in total. The minimum atomic E-state index is -4.78. The standard InChI is InChI=1S/C13H14F3N3O/c1-12(17,13(14,15)16)11(20)7-9-8-5-3-4-6-10(8)19(2)18-9/h3-6H,7,17H2,1-2H3. The van der Waals surface area contributed by atoms with Gasteiger partial charge in [-0.1, -0.05) is 18.2 Å². The first-order valence-electron chi connectivity index (χ1n) is 5.94. The number of Topliss-reactive ketones (excluding diaryl/α,β-unsaturated/α-hetero) is 1. The third-order valence-corrected chi connectivity index (χ3v) is 3.33. The molecule has 2 N–H and O–H groups in total. The minimum Gasteiger partial charge on any atom is -0.312 e. The van der Waals surface area contributed by atoms with Crippen LogP contribution in [0.4, 0.5) is 13.2 Å². The maximum absolute atomic E-state index is 12.7. The third-order valence-electron chi connectivity index (χ3n) is 3.33. The molecule has 0 saturated carbocycles. The number of carbonyl (C=O) groups excluding carboxylic acids is 1. The van der Waals surface area contributed by atoms with Gasteiger partial charge in [-0.3, -0.25) is 9.48 Å². The topological polar surface area (TPSA) is 60.9 Å². The Morgan fingerprint density at radius 3 is 2.55 bits per heavy atom. The molecule has 2 aromatic rings. The van der Waals surface area contributed by atoms with Crippen LogP contribution in [0.2, 0.25) is 0 Å². The molecule has 20 heavy (non-hydrogen) atoms. The first-order chi connectivity index (χ1) is 9.14. The number of carbonyl (C=O) groups is 1. The summed E-state index contributed by atoms with van der Waals surface area (Å²) in [4.78, 5) is 11.8. The van der Waals surface area contributed by atoms with E-state index in [2.05, 4.69) is 5.10 Å². The summed E-state index contributed by atoms with van der Waals surface area (Å²) in [6.45, 7) is 0.681. The van der Waals surface area contributed by atoms with Crippen LogP contribution in [0.5, 0.6) is 0 Å². The van der Waals surface area contributed by atoms with Crippen molar-refractivity contribution in [3.63, 3.8) is 0 Å². The van der Waals surface area contributed by atoms with Crippen molar-refractivity contribution in [1.82, 2.24) is 9.78 Å². The van der Waals surface area contributed by atoms with Crippen LogP contribution < -0.4 is 5.73 Å². The Kier molecular flexibility index (Phi) is 3.33. The average molecular weight is 285 g/mol. The maximum atomic E-state index is 12.7. The van der Waals surface area contributed by atoms with Gasteiger partial charge in [0, 0.05) is 12.4 Å². The molecule has 1 atom stereocenters.